The average Bonchev–Trinajstić information content (AvgIpc) is 3.42. The predicted octanol–water partition coefficient (Wildman–Crippen LogP) is 6.33. The van der Waals surface area contributed by atoms with Crippen molar-refractivity contribution in [1.29, 1.82) is 0 Å². The molecule has 34 heavy (non-hydrogen) atoms. The Morgan fingerprint density at radius 3 is 2.59 bits per heavy atom. The Labute approximate surface area is 203 Å². The van der Waals surface area contributed by atoms with Gasteiger partial charge in [0.05, 0.1) is 29.8 Å². The Morgan fingerprint density at radius 1 is 0.941 bits per heavy atom. The predicted molar refractivity (Wildman–Crippen MR) is 134 cm³/mol. The molecular formula is C29H22ClNO3. The molecule has 1 unspecified atom stereocenters. The summed E-state index contributed by atoms with van der Waals surface area (Å²) in [5.41, 5.74) is 6.32. The average molecular weight is 468 g/mol. The molecule has 2 aliphatic rings. The van der Waals surface area contributed by atoms with Crippen LogP contribution in [0.5, 0.6) is 11.5 Å². The highest BCUT2D eigenvalue weighted by atomic mass is 35.5. The number of carbonyl (C=O) groups is 1. The molecule has 0 aromatic heterocycles. The summed E-state index contributed by atoms with van der Waals surface area (Å²) in [7, 11) is 0. The second kappa shape index (κ2) is 8.23. The van der Waals surface area contributed by atoms with Crippen LogP contribution in [0.3, 0.4) is 0 Å². The molecule has 1 amide bonds. The summed E-state index contributed by atoms with van der Waals surface area (Å²) in [6, 6.07) is 27.4. The first-order chi connectivity index (χ1) is 16.6. The number of aromatic hydroxyl groups is 1. The van der Waals surface area contributed by atoms with Crippen molar-refractivity contribution in [2.24, 2.45) is 0 Å². The number of benzene rings is 4. The molecule has 0 bridgehead atoms. The number of hydrogen-bond donors (Lipinski definition) is 1. The maximum atomic E-state index is 13.9. The van der Waals surface area contributed by atoms with Crippen LogP contribution in [-0.2, 0) is 17.8 Å². The van der Waals surface area contributed by atoms with Crippen molar-refractivity contribution >= 4 is 23.2 Å². The third-order valence-corrected chi connectivity index (χ3v) is 7.00. The van der Waals surface area contributed by atoms with Crippen LogP contribution < -0.4 is 9.64 Å². The van der Waals surface area contributed by atoms with E-state index in [1.165, 1.54) is 0 Å². The lowest BCUT2D eigenvalue weighted by molar-refractivity contribution is -0.118. The number of carbonyl (C=O) groups excluding carboxylic acids is 1. The lowest BCUT2D eigenvalue weighted by Crippen LogP contribution is -2.29. The number of phenols is 1. The number of phenolic OH excluding ortho intramolecular Hbond substituents is 1. The smallest absolute Gasteiger partial charge is 0.239 e. The molecule has 1 atom stereocenters. The number of amides is 1. The third kappa shape index (κ3) is 3.34. The fourth-order valence-corrected chi connectivity index (χ4v) is 5.38. The zero-order valence-corrected chi connectivity index (χ0v) is 19.1. The van der Waals surface area contributed by atoms with Crippen molar-refractivity contribution in [1.82, 2.24) is 0 Å². The molecule has 4 nitrogen and oxygen atoms in total. The first-order valence-electron chi connectivity index (χ1n) is 11.3. The van der Waals surface area contributed by atoms with E-state index in [1.54, 1.807) is 11.0 Å². The molecule has 2 heterocycles. The van der Waals surface area contributed by atoms with Crippen LogP contribution in [0.25, 0.3) is 11.1 Å². The number of rotatable bonds is 4. The largest absolute Gasteiger partial charge is 0.507 e. The van der Waals surface area contributed by atoms with E-state index >= 15 is 0 Å². The monoisotopic (exact) mass is 467 g/mol. The fraction of sp³-hybridized carbons (Fsp3) is 0.138. The summed E-state index contributed by atoms with van der Waals surface area (Å²) in [6.45, 7) is 0.966. The van der Waals surface area contributed by atoms with Crippen LogP contribution in [0.4, 0.5) is 5.69 Å². The molecule has 0 aliphatic carbocycles. The van der Waals surface area contributed by atoms with Gasteiger partial charge in [-0.1, -0.05) is 78.3 Å². The molecule has 6 rings (SSSR count). The molecule has 5 heteroatoms. The van der Waals surface area contributed by atoms with E-state index < -0.39 is 5.92 Å². The van der Waals surface area contributed by atoms with Crippen LogP contribution in [-0.4, -0.2) is 17.6 Å². The van der Waals surface area contributed by atoms with Crippen LogP contribution in [0, 0.1) is 0 Å². The molecule has 0 fully saturated rings. The Kier molecular flexibility index (Phi) is 5.04. The fourth-order valence-electron chi connectivity index (χ4n) is 5.10. The lowest BCUT2D eigenvalue weighted by atomic mass is 9.90. The van der Waals surface area contributed by atoms with Gasteiger partial charge in [0.15, 0.2) is 0 Å². The number of nitrogens with zero attached hydrogens (tertiary/aromatic N) is 1. The van der Waals surface area contributed by atoms with Crippen LogP contribution >= 0.6 is 11.6 Å². The van der Waals surface area contributed by atoms with Gasteiger partial charge in [0.2, 0.25) is 5.91 Å². The van der Waals surface area contributed by atoms with Gasteiger partial charge in [-0.25, -0.2) is 0 Å². The summed E-state index contributed by atoms with van der Waals surface area (Å²) in [5, 5.41) is 11.4. The Bertz CT molecular complexity index is 1420. The van der Waals surface area contributed by atoms with Gasteiger partial charge in [0, 0.05) is 18.1 Å². The Balaban J connectivity index is 1.45. The minimum absolute atomic E-state index is 0.0662. The van der Waals surface area contributed by atoms with Crippen molar-refractivity contribution < 1.29 is 14.6 Å². The molecular weight excluding hydrogens is 446 g/mol. The second-order valence-corrected chi connectivity index (χ2v) is 9.08. The number of halogens is 1. The molecule has 4 aromatic carbocycles. The molecule has 0 radical (unpaired) electrons. The summed E-state index contributed by atoms with van der Waals surface area (Å²) in [4.78, 5) is 15.7. The Hall–Kier alpha value is -3.76. The number of para-hydroxylation sites is 1. The second-order valence-electron chi connectivity index (χ2n) is 8.68. The first kappa shape index (κ1) is 20.8. The maximum Gasteiger partial charge on any atom is 0.239 e. The van der Waals surface area contributed by atoms with Gasteiger partial charge in [0.25, 0.3) is 0 Å². The standard InChI is InChI=1S/C29H22ClNO3/c30-24-12-6-11-22-27(23-15-19-13-14-34-26(19)16-25(23)32)29(33)31(28(22)24)17-20-9-4-5-10-21(20)18-7-2-1-3-8-18/h1-12,15-16,27,32H,13-14,17H2. The number of ether oxygens (including phenoxy) is 1. The molecule has 168 valence electrons. The zero-order valence-electron chi connectivity index (χ0n) is 18.4. The topological polar surface area (TPSA) is 49.8 Å². The van der Waals surface area contributed by atoms with Crippen LogP contribution in [0.15, 0.2) is 84.9 Å². The highest BCUT2D eigenvalue weighted by Gasteiger charge is 2.41. The SMILES string of the molecule is O=C1C(c2cc3c(cc2O)OCC3)c2cccc(Cl)c2N1Cc1ccccc1-c1ccccc1. The molecule has 4 aromatic rings. The number of anilines is 1. The maximum absolute atomic E-state index is 13.9. The molecule has 1 N–H and O–H groups in total. The summed E-state index contributed by atoms with van der Waals surface area (Å²) in [5.74, 6) is 0.0340. The van der Waals surface area contributed by atoms with Crippen LogP contribution in [0.2, 0.25) is 5.02 Å². The van der Waals surface area contributed by atoms with Gasteiger partial charge in [0.1, 0.15) is 11.5 Å². The summed E-state index contributed by atoms with van der Waals surface area (Å²) in [6.07, 6.45) is 0.764. The zero-order chi connectivity index (χ0) is 23.2. The van der Waals surface area contributed by atoms with Gasteiger partial charge in [-0.3, -0.25) is 4.79 Å². The lowest BCUT2D eigenvalue weighted by Gasteiger charge is -2.21. The van der Waals surface area contributed by atoms with Crippen molar-refractivity contribution in [2.45, 2.75) is 18.9 Å². The quantitative estimate of drug-likeness (QED) is 0.381. The van der Waals surface area contributed by atoms with Crippen molar-refractivity contribution in [3.63, 3.8) is 0 Å². The van der Waals surface area contributed by atoms with E-state index in [0.29, 0.717) is 35.2 Å². The molecule has 0 saturated carbocycles. The van der Waals surface area contributed by atoms with Gasteiger partial charge in [-0.15, -0.1) is 0 Å². The van der Waals surface area contributed by atoms with E-state index in [-0.39, 0.29) is 11.7 Å². The minimum atomic E-state index is -0.622. The summed E-state index contributed by atoms with van der Waals surface area (Å²) < 4.78 is 5.59. The molecule has 0 saturated heterocycles. The van der Waals surface area contributed by atoms with Gasteiger partial charge < -0.3 is 14.7 Å². The van der Waals surface area contributed by atoms with Gasteiger partial charge in [-0.2, -0.15) is 0 Å². The van der Waals surface area contributed by atoms with Gasteiger partial charge >= 0.3 is 0 Å². The van der Waals surface area contributed by atoms with E-state index in [9.17, 15) is 9.90 Å². The highest BCUT2D eigenvalue weighted by Crippen LogP contribution is 2.49. The van der Waals surface area contributed by atoms with E-state index in [2.05, 4.69) is 18.2 Å². The van der Waals surface area contributed by atoms with E-state index in [1.807, 2.05) is 60.7 Å². The first-order valence-corrected chi connectivity index (χ1v) is 11.7. The highest BCUT2D eigenvalue weighted by molar-refractivity contribution is 6.35. The summed E-state index contributed by atoms with van der Waals surface area (Å²) >= 11 is 6.66. The van der Waals surface area contributed by atoms with Crippen molar-refractivity contribution in [3.05, 3.63) is 112 Å². The minimum Gasteiger partial charge on any atom is -0.507 e. The Morgan fingerprint density at radius 2 is 1.74 bits per heavy atom. The van der Waals surface area contributed by atoms with Crippen LogP contribution in [0.1, 0.15) is 28.2 Å². The third-order valence-electron chi connectivity index (χ3n) is 6.69. The van der Waals surface area contributed by atoms with Crippen molar-refractivity contribution in [3.8, 4) is 22.6 Å². The number of fused-ring (bicyclic) bond motifs is 2. The van der Waals surface area contributed by atoms with Crippen molar-refractivity contribution in [2.75, 3.05) is 11.5 Å². The van der Waals surface area contributed by atoms with E-state index in [4.69, 9.17) is 16.3 Å². The molecule has 2 aliphatic heterocycles. The molecule has 0 spiro atoms. The number of hydrogen-bond acceptors (Lipinski definition) is 3. The van der Waals surface area contributed by atoms with E-state index in [0.717, 1.165) is 34.2 Å². The normalized spacial score (nSPS) is 16.3. The van der Waals surface area contributed by atoms with Gasteiger partial charge in [-0.05, 0) is 39.9 Å².